The highest BCUT2D eigenvalue weighted by atomic mass is 35.5. The van der Waals surface area contributed by atoms with Gasteiger partial charge >= 0.3 is 0 Å². The second-order valence-electron chi connectivity index (χ2n) is 11.8. The predicted octanol–water partition coefficient (Wildman–Crippen LogP) is 5.37. The van der Waals surface area contributed by atoms with Gasteiger partial charge in [-0.2, -0.15) is 0 Å². The van der Waals surface area contributed by atoms with Crippen molar-refractivity contribution in [3.8, 4) is 57.7 Å². The molecular formula is C35H34Cl2N6O4. The zero-order chi connectivity index (χ0) is 33.1. The number of ether oxygens (including phenoxy) is 2. The lowest BCUT2D eigenvalue weighted by atomic mass is 9.95. The van der Waals surface area contributed by atoms with Crippen molar-refractivity contribution in [1.82, 2.24) is 30.2 Å². The fraction of sp³-hybridized carbons (Fsp3) is 0.343. The number of amides is 1. The van der Waals surface area contributed by atoms with Crippen LogP contribution in [-0.2, 0) is 17.8 Å². The maximum Gasteiger partial charge on any atom is 0.237 e. The van der Waals surface area contributed by atoms with Gasteiger partial charge in [-0.3, -0.25) is 19.7 Å². The van der Waals surface area contributed by atoms with E-state index in [-0.39, 0.29) is 11.9 Å². The summed E-state index contributed by atoms with van der Waals surface area (Å²) in [4.78, 5) is 32.2. The van der Waals surface area contributed by atoms with E-state index in [1.807, 2.05) is 41.3 Å². The number of benzene rings is 2. The predicted molar refractivity (Wildman–Crippen MR) is 180 cm³/mol. The average molecular weight is 674 g/mol. The van der Waals surface area contributed by atoms with E-state index in [0.29, 0.717) is 88.1 Å². The fourth-order valence-electron chi connectivity index (χ4n) is 6.05. The minimum absolute atomic E-state index is 0.118. The van der Waals surface area contributed by atoms with Gasteiger partial charge < -0.3 is 19.9 Å². The molecule has 0 radical (unpaired) electrons. The van der Waals surface area contributed by atoms with Crippen molar-refractivity contribution < 1.29 is 19.4 Å². The van der Waals surface area contributed by atoms with Crippen molar-refractivity contribution in [2.75, 3.05) is 27.3 Å². The second-order valence-corrected chi connectivity index (χ2v) is 12.5. The zero-order valence-electron chi connectivity index (χ0n) is 26.1. The number of halogens is 2. The first-order chi connectivity index (χ1) is 22.7. The Morgan fingerprint density at radius 2 is 1.51 bits per heavy atom. The normalized spacial score (nSPS) is 17.1. The third-order valence-electron chi connectivity index (χ3n) is 8.51. The van der Waals surface area contributed by atoms with Crippen LogP contribution >= 0.6 is 23.2 Å². The number of methoxy groups -OCH3 is 2. The second kappa shape index (κ2) is 13.8. The summed E-state index contributed by atoms with van der Waals surface area (Å²) in [6.45, 7) is 1.15. The van der Waals surface area contributed by atoms with E-state index >= 15 is 0 Å². The number of rotatable bonds is 11. The number of carbonyl (C=O) groups is 1. The third kappa shape index (κ3) is 6.90. The number of aromatic nitrogens is 4. The summed E-state index contributed by atoms with van der Waals surface area (Å²) in [5, 5.41) is 14.1. The first-order valence-electron chi connectivity index (χ1n) is 15.3. The van der Waals surface area contributed by atoms with Crippen LogP contribution in [0.15, 0.2) is 48.8 Å². The third-order valence-corrected chi connectivity index (χ3v) is 9.33. The van der Waals surface area contributed by atoms with Crippen LogP contribution in [-0.4, -0.2) is 74.8 Å². The van der Waals surface area contributed by atoms with Crippen LogP contribution in [0, 0.1) is 12.3 Å². The van der Waals surface area contributed by atoms with Gasteiger partial charge in [0.1, 0.15) is 17.0 Å². The number of aryl methyl sites for hydroxylation is 1. The molecule has 2 aromatic heterocycles. The van der Waals surface area contributed by atoms with Crippen LogP contribution < -0.4 is 14.8 Å². The lowest BCUT2D eigenvalue weighted by Crippen LogP contribution is -2.60. The molecule has 10 nitrogen and oxygen atoms in total. The summed E-state index contributed by atoms with van der Waals surface area (Å²) in [6.07, 6.45) is 12.6. The van der Waals surface area contributed by atoms with E-state index in [9.17, 15) is 9.90 Å². The molecule has 2 aliphatic heterocycles. The van der Waals surface area contributed by atoms with E-state index in [2.05, 4.69) is 21.2 Å². The van der Waals surface area contributed by atoms with Crippen molar-refractivity contribution in [3.05, 3.63) is 70.2 Å². The first kappa shape index (κ1) is 32.7. The molecule has 0 unspecified atom stereocenters. The SMILES string of the molecule is C#CC1(O)CN(Cc2ncc(-c3cccc(-c4cccc(-c5cnc(CCC[C@@H]6CCC(=O)N6)c(OC)n5)c4Cl)c3Cl)nc2OC)C1. The molecule has 12 heteroatoms. The quantitative estimate of drug-likeness (QED) is 0.202. The molecule has 1 atom stereocenters. The van der Waals surface area contributed by atoms with Gasteiger partial charge in [0.15, 0.2) is 0 Å². The van der Waals surface area contributed by atoms with E-state index in [1.54, 1.807) is 19.5 Å². The van der Waals surface area contributed by atoms with E-state index < -0.39 is 5.60 Å². The van der Waals surface area contributed by atoms with Crippen LogP contribution in [0.1, 0.15) is 37.1 Å². The van der Waals surface area contributed by atoms with Crippen LogP contribution in [0.5, 0.6) is 11.8 Å². The molecule has 2 saturated heterocycles. The van der Waals surface area contributed by atoms with Gasteiger partial charge in [0.2, 0.25) is 17.7 Å². The monoisotopic (exact) mass is 672 g/mol. The topological polar surface area (TPSA) is 123 Å². The Labute approximate surface area is 283 Å². The molecule has 6 rings (SSSR count). The molecule has 47 heavy (non-hydrogen) atoms. The molecular weight excluding hydrogens is 639 g/mol. The van der Waals surface area contributed by atoms with E-state index in [1.165, 1.54) is 7.11 Å². The number of likely N-dealkylation sites (tertiary alicyclic amines) is 1. The molecule has 4 aromatic rings. The van der Waals surface area contributed by atoms with Gasteiger partial charge in [0, 0.05) is 54.4 Å². The average Bonchev–Trinajstić information content (AvgIpc) is 3.49. The number of hydrogen-bond donors (Lipinski definition) is 2. The number of aliphatic hydroxyl groups is 1. The molecule has 2 fully saturated rings. The fourth-order valence-corrected chi connectivity index (χ4v) is 6.70. The highest BCUT2D eigenvalue weighted by molar-refractivity contribution is 6.39. The van der Waals surface area contributed by atoms with Crippen molar-refractivity contribution in [3.63, 3.8) is 0 Å². The Hall–Kier alpha value is -4.27. The van der Waals surface area contributed by atoms with Crippen LogP contribution in [0.3, 0.4) is 0 Å². The Morgan fingerprint density at radius 1 is 0.957 bits per heavy atom. The number of carbonyl (C=O) groups excluding carboxylic acids is 1. The highest BCUT2D eigenvalue weighted by Gasteiger charge is 2.39. The molecule has 4 heterocycles. The Balaban J connectivity index is 1.23. The molecule has 0 bridgehead atoms. The van der Waals surface area contributed by atoms with Gasteiger partial charge in [0.25, 0.3) is 0 Å². The lowest BCUT2D eigenvalue weighted by molar-refractivity contribution is -0.119. The maximum absolute atomic E-state index is 11.5. The van der Waals surface area contributed by atoms with Crippen molar-refractivity contribution in [1.29, 1.82) is 0 Å². The van der Waals surface area contributed by atoms with Gasteiger partial charge in [-0.15, -0.1) is 6.42 Å². The molecule has 2 aromatic carbocycles. The molecule has 0 saturated carbocycles. The molecule has 242 valence electrons. The van der Waals surface area contributed by atoms with Gasteiger partial charge in [0.05, 0.1) is 48.0 Å². The molecule has 0 aliphatic carbocycles. The molecule has 2 N–H and O–H groups in total. The van der Waals surface area contributed by atoms with Gasteiger partial charge in [-0.25, -0.2) is 9.97 Å². The Morgan fingerprint density at radius 3 is 2.04 bits per heavy atom. The molecule has 2 aliphatic rings. The van der Waals surface area contributed by atoms with E-state index in [0.717, 1.165) is 30.5 Å². The summed E-state index contributed by atoms with van der Waals surface area (Å²) in [5.41, 5.74) is 4.17. The molecule has 0 spiro atoms. The van der Waals surface area contributed by atoms with Crippen molar-refractivity contribution >= 4 is 29.1 Å². The standard InChI is InChI=1S/C35H34Cl2N6O4/c1-4-35(45)19-43(20-35)18-29-34(47-3)42-28(17-39-29)25-12-7-10-23(32(25)37)22-9-6-11-24(31(22)36)27-16-38-26(33(41-27)46-2)13-5-8-21-14-15-30(44)40-21/h1,6-7,9-12,16-17,21,45H,5,8,13-15,18-20H2,2-3H3,(H,40,44)/t21-/m1/s1. The summed E-state index contributed by atoms with van der Waals surface area (Å²) in [5.74, 6) is 3.34. The van der Waals surface area contributed by atoms with Crippen molar-refractivity contribution in [2.24, 2.45) is 0 Å². The number of terminal acetylenes is 1. The minimum Gasteiger partial charge on any atom is -0.480 e. The number of nitrogens with one attached hydrogen (secondary N) is 1. The summed E-state index contributed by atoms with van der Waals surface area (Å²) < 4.78 is 11.2. The Kier molecular flexibility index (Phi) is 9.62. The first-order valence-corrected chi connectivity index (χ1v) is 16.1. The lowest BCUT2D eigenvalue weighted by Gasteiger charge is -2.42. The Bertz CT molecular complexity index is 1860. The van der Waals surface area contributed by atoms with Crippen LogP contribution in [0.2, 0.25) is 10.0 Å². The number of β-amino-alcohol motifs (C(OH)–C–C–N with tert-alkyl or cyclic N) is 1. The van der Waals surface area contributed by atoms with Crippen LogP contribution in [0.4, 0.5) is 0 Å². The smallest absolute Gasteiger partial charge is 0.237 e. The van der Waals surface area contributed by atoms with Gasteiger partial charge in [-0.05, 0) is 25.7 Å². The number of nitrogens with zero attached hydrogens (tertiary/aromatic N) is 5. The highest BCUT2D eigenvalue weighted by Crippen LogP contribution is 2.42. The van der Waals surface area contributed by atoms with E-state index in [4.69, 9.17) is 49.1 Å². The van der Waals surface area contributed by atoms with Crippen molar-refractivity contribution in [2.45, 2.75) is 50.3 Å². The van der Waals surface area contributed by atoms with Crippen LogP contribution in [0.25, 0.3) is 33.6 Å². The largest absolute Gasteiger partial charge is 0.480 e. The summed E-state index contributed by atoms with van der Waals surface area (Å²) >= 11 is 14.1. The summed E-state index contributed by atoms with van der Waals surface area (Å²) in [6, 6.07) is 11.5. The zero-order valence-corrected chi connectivity index (χ0v) is 27.6. The summed E-state index contributed by atoms with van der Waals surface area (Å²) in [7, 11) is 3.11. The van der Waals surface area contributed by atoms with Gasteiger partial charge in [-0.1, -0.05) is 65.5 Å². The minimum atomic E-state index is -1.11. The maximum atomic E-state index is 11.5. The molecule has 1 amide bonds. The number of hydrogen-bond acceptors (Lipinski definition) is 9.